The van der Waals surface area contributed by atoms with E-state index in [1.807, 2.05) is 48.5 Å². The molecule has 0 unspecified atom stereocenters. The molecule has 1 aliphatic heterocycles. The highest BCUT2D eigenvalue weighted by Gasteiger charge is 2.18. The Labute approximate surface area is 280 Å². The van der Waals surface area contributed by atoms with Crippen molar-refractivity contribution in [3.05, 3.63) is 103 Å². The summed E-state index contributed by atoms with van der Waals surface area (Å²) in [5, 5.41) is 11.3. The fourth-order valence-corrected chi connectivity index (χ4v) is 6.23. The van der Waals surface area contributed by atoms with Gasteiger partial charge >= 0.3 is 0 Å². The maximum absolute atomic E-state index is 14.8. The number of hydrogen-bond acceptors (Lipinski definition) is 8. The highest BCUT2D eigenvalue weighted by atomic mass is 19.1. The van der Waals surface area contributed by atoms with Crippen molar-refractivity contribution in [2.75, 3.05) is 31.6 Å². The number of nitrogens with one attached hydrogen (secondary N) is 3. The smallest absolute Gasteiger partial charge is 0.228 e. The first-order chi connectivity index (χ1) is 24.1. The number of fused-ring (bicyclic) bond motifs is 2. The largest absolute Gasteiger partial charge is 0.492 e. The van der Waals surface area contributed by atoms with Gasteiger partial charge in [0, 0.05) is 41.5 Å². The highest BCUT2D eigenvalue weighted by Crippen LogP contribution is 2.33. The topological polar surface area (TPSA) is 138 Å². The lowest BCUT2D eigenvalue weighted by Gasteiger charge is -2.15. The van der Waals surface area contributed by atoms with Gasteiger partial charge in [0.2, 0.25) is 5.91 Å². The Morgan fingerprint density at radius 1 is 0.918 bits per heavy atom. The minimum atomic E-state index is -0.407. The molecule has 8 rings (SSSR count). The molecule has 0 aliphatic carbocycles. The number of H-pyrrole nitrogens is 2. The summed E-state index contributed by atoms with van der Waals surface area (Å²) in [5.74, 6) is 0.433. The van der Waals surface area contributed by atoms with Gasteiger partial charge in [-0.15, -0.1) is 0 Å². The Hall–Kier alpha value is -6.01. The minimum Gasteiger partial charge on any atom is -0.492 e. The average molecular weight is 654 g/mol. The second-order valence-corrected chi connectivity index (χ2v) is 12.1. The molecule has 1 aliphatic rings. The molecule has 12 heteroatoms. The number of aromatic amines is 2. The van der Waals surface area contributed by atoms with E-state index < -0.39 is 5.82 Å². The fourth-order valence-electron chi connectivity index (χ4n) is 6.23. The van der Waals surface area contributed by atoms with E-state index in [0.29, 0.717) is 52.0 Å². The van der Waals surface area contributed by atoms with Crippen molar-refractivity contribution in [3.63, 3.8) is 0 Å². The molecule has 1 fully saturated rings. The van der Waals surface area contributed by atoms with Crippen LogP contribution in [0, 0.1) is 5.82 Å². The number of anilines is 1. The van der Waals surface area contributed by atoms with Crippen molar-refractivity contribution in [2.45, 2.75) is 19.3 Å². The van der Waals surface area contributed by atoms with Gasteiger partial charge in [0.1, 0.15) is 29.4 Å². The number of halogens is 1. The zero-order valence-corrected chi connectivity index (χ0v) is 26.5. The van der Waals surface area contributed by atoms with Crippen LogP contribution >= 0.6 is 0 Å². The van der Waals surface area contributed by atoms with Gasteiger partial charge in [-0.25, -0.2) is 9.37 Å². The van der Waals surface area contributed by atoms with E-state index in [4.69, 9.17) is 9.72 Å². The fraction of sp³-hybridized carbons (Fsp3) is 0.189. The van der Waals surface area contributed by atoms with Crippen molar-refractivity contribution in [1.82, 2.24) is 40.0 Å². The third-order valence-electron chi connectivity index (χ3n) is 8.62. The zero-order chi connectivity index (χ0) is 33.2. The number of ether oxygens (including phenoxy) is 1. The van der Waals surface area contributed by atoms with Crippen LogP contribution in [0.3, 0.4) is 0 Å². The van der Waals surface area contributed by atoms with E-state index in [2.05, 4.69) is 40.3 Å². The molecule has 3 N–H and O–H groups in total. The van der Waals surface area contributed by atoms with E-state index in [0.717, 1.165) is 47.2 Å². The molecule has 49 heavy (non-hydrogen) atoms. The number of aromatic nitrogens is 7. The molecular formula is C37H32FN9O2. The Morgan fingerprint density at radius 2 is 1.80 bits per heavy atom. The lowest BCUT2D eigenvalue weighted by molar-refractivity contribution is -0.115. The van der Waals surface area contributed by atoms with Gasteiger partial charge in [-0.05, 0) is 61.8 Å². The molecule has 5 aromatic heterocycles. The highest BCUT2D eigenvalue weighted by molar-refractivity contribution is 5.97. The van der Waals surface area contributed by atoms with Gasteiger partial charge in [0.05, 0.1) is 46.9 Å². The molecule has 0 atom stereocenters. The van der Waals surface area contributed by atoms with Gasteiger partial charge in [0.25, 0.3) is 0 Å². The summed E-state index contributed by atoms with van der Waals surface area (Å²) < 4.78 is 20.8. The summed E-state index contributed by atoms with van der Waals surface area (Å²) in [6.45, 7) is 3.45. The van der Waals surface area contributed by atoms with Crippen LogP contribution in [0.15, 0.2) is 91.5 Å². The predicted octanol–water partition coefficient (Wildman–Crippen LogP) is 6.42. The number of likely N-dealkylation sites (tertiary alicyclic amines) is 1. The quantitative estimate of drug-likeness (QED) is 0.154. The first-order valence-corrected chi connectivity index (χ1v) is 16.2. The number of benzene rings is 2. The minimum absolute atomic E-state index is 0.135. The zero-order valence-electron chi connectivity index (χ0n) is 26.5. The summed E-state index contributed by atoms with van der Waals surface area (Å²) in [5.41, 5.74) is 6.60. The van der Waals surface area contributed by atoms with Crippen molar-refractivity contribution in [3.8, 4) is 39.8 Å². The number of imidazole rings is 1. The first-order valence-electron chi connectivity index (χ1n) is 16.2. The van der Waals surface area contributed by atoms with Crippen LogP contribution in [0.25, 0.3) is 56.0 Å². The van der Waals surface area contributed by atoms with Crippen LogP contribution in [0.4, 0.5) is 10.1 Å². The number of hydrogen-bond donors (Lipinski definition) is 3. The van der Waals surface area contributed by atoms with Crippen LogP contribution in [0.2, 0.25) is 0 Å². The second-order valence-electron chi connectivity index (χ2n) is 12.1. The monoisotopic (exact) mass is 653 g/mol. The number of carbonyl (C=O) groups is 1. The van der Waals surface area contributed by atoms with E-state index in [1.165, 1.54) is 25.0 Å². The molecule has 2 aromatic carbocycles. The maximum atomic E-state index is 14.8. The van der Waals surface area contributed by atoms with Crippen molar-refractivity contribution in [1.29, 1.82) is 0 Å². The number of nitrogens with zero attached hydrogens (tertiary/aromatic N) is 6. The number of pyridine rings is 3. The molecule has 1 saturated heterocycles. The summed E-state index contributed by atoms with van der Waals surface area (Å²) in [6, 6.07) is 19.8. The lowest BCUT2D eigenvalue weighted by atomic mass is 10.1. The molecule has 0 saturated carbocycles. The Bertz CT molecular complexity index is 2280. The van der Waals surface area contributed by atoms with Crippen molar-refractivity contribution < 1.29 is 13.9 Å². The molecule has 6 heterocycles. The van der Waals surface area contributed by atoms with E-state index in [9.17, 15) is 9.18 Å². The number of carbonyl (C=O) groups excluding carboxylic acids is 1. The normalized spacial score (nSPS) is 13.3. The van der Waals surface area contributed by atoms with E-state index in [-0.39, 0.29) is 12.3 Å². The molecule has 11 nitrogen and oxygen atoms in total. The van der Waals surface area contributed by atoms with Gasteiger partial charge in [-0.1, -0.05) is 30.3 Å². The maximum Gasteiger partial charge on any atom is 0.228 e. The van der Waals surface area contributed by atoms with Gasteiger partial charge in [0.15, 0.2) is 5.82 Å². The van der Waals surface area contributed by atoms with E-state index in [1.54, 1.807) is 30.9 Å². The van der Waals surface area contributed by atoms with Crippen LogP contribution in [0.5, 0.6) is 5.75 Å². The lowest BCUT2D eigenvalue weighted by Crippen LogP contribution is -2.25. The summed E-state index contributed by atoms with van der Waals surface area (Å²) in [4.78, 5) is 36.8. The number of amides is 1. The third kappa shape index (κ3) is 6.58. The van der Waals surface area contributed by atoms with Gasteiger partial charge in [-0.3, -0.25) is 29.7 Å². The predicted molar refractivity (Wildman–Crippen MR) is 185 cm³/mol. The molecule has 0 radical (unpaired) electrons. The Morgan fingerprint density at radius 3 is 2.67 bits per heavy atom. The van der Waals surface area contributed by atoms with Crippen LogP contribution in [-0.2, 0) is 11.2 Å². The summed E-state index contributed by atoms with van der Waals surface area (Å²) in [6.07, 6.45) is 9.35. The molecule has 0 spiro atoms. The summed E-state index contributed by atoms with van der Waals surface area (Å²) in [7, 11) is 0. The number of rotatable bonds is 10. The third-order valence-corrected chi connectivity index (χ3v) is 8.62. The van der Waals surface area contributed by atoms with Gasteiger partial charge < -0.3 is 15.0 Å². The molecule has 7 aromatic rings. The standard InChI is InChI=1S/C37H32FN9O2/c38-26-15-24(17-28(18-26)49-13-12-47-10-4-5-11-47)34-36-30(8-9-40-34)43-37(44-36)35-29-19-31(41-22-32(29)45-46-35)25-16-27(21-39-20-25)42-33(48)14-23-6-2-1-3-7-23/h1-3,6-9,15-22H,4-5,10-14H2,(H,42,48)(H,43,44)(H,45,46). The van der Waals surface area contributed by atoms with Crippen molar-refractivity contribution >= 4 is 33.5 Å². The average Bonchev–Trinajstić information content (AvgIpc) is 3.88. The molecule has 244 valence electrons. The Kier molecular flexibility index (Phi) is 8.20. The van der Waals surface area contributed by atoms with Crippen LogP contribution < -0.4 is 10.1 Å². The Balaban J connectivity index is 1.06. The van der Waals surface area contributed by atoms with Gasteiger partial charge in [-0.2, -0.15) is 5.10 Å². The van der Waals surface area contributed by atoms with Crippen LogP contribution in [0.1, 0.15) is 18.4 Å². The van der Waals surface area contributed by atoms with Crippen LogP contribution in [-0.4, -0.2) is 72.2 Å². The molecule has 1 amide bonds. The molecular weight excluding hydrogens is 621 g/mol. The summed E-state index contributed by atoms with van der Waals surface area (Å²) >= 11 is 0. The second kappa shape index (κ2) is 13.2. The van der Waals surface area contributed by atoms with Crippen molar-refractivity contribution in [2.24, 2.45) is 0 Å². The first kappa shape index (κ1) is 30.3. The SMILES string of the molecule is O=C(Cc1ccccc1)Nc1cncc(-c2cc3c(-c4nc5c(-c6cc(F)cc(OCCN7CCCC7)c6)nccc5[nH]4)n[nH]c3cn2)c1. The molecule has 0 bridgehead atoms. The van der Waals surface area contributed by atoms with E-state index >= 15 is 0 Å².